The first-order valence-electron chi connectivity index (χ1n) is 5.24. The molecule has 2 rings (SSSR count). The maximum Gasteiger partial charge on any atom is 0.321 e. The molecule has 0 radical (unpaired) electrons. The van der Waals surface area contributed by atoms with Crippen molar-refractivity contribution in [3.8, 4) is 11.5 Å². The van der Waals surface area contributed by atoms with Crippen molar-refractivity contribution in [2.45, 2.75) is 12.5 Å². The van der Waals surface area contributed by atoms with Crippen LogP contribution in [0.5, 0.6) is 11.5 Å². The lowest BCUT2D eigenvalue weighted by molar-refractivity contribution is -0.140. The van der Waals surface area contributed by atoms with Crippen LogP contribution in [0.4, 0.5) is 5.69 Å². The van der Waals surface area contributed by atoms with Gasteiger partial charge in [0, 0.05) is 11.8 Å². The van der Waals surface area contributed by atoms with E-state index in [4.69, 9.17) is 20.3 Å². The van der Waals surface area contributed by atoms with Crippen molar-refractivity contribution in [2.75, 3.05) is 12.1 Å². The first-order valence-corrected chi connectivity index (χ1v) is 5.24. The second-order valence-electron chi connectivity index (χ2n) is 3.77. The van der Waals surface area contributed by atoms with Gasteiger partial charge in [0.1, 0.15) is 6.04 Å². The summed E-state index contributed by atoms with van der Waals surface area (Å²) >= 11 is 0. The number of anilines is 1. The summed E-state index contributed by atoms with van der Waals surface area (Å²) in [4.78, 5) is 22.0. The fourth-order valence-corrected chi connectivity index (χ4v) is 1.47. The van der Waals surface area contributed by atoms with Gasteiger partial charge in [-0.15, -0.1) is 0 Å². The van der Waals surface area contributed by atoms with E-state index in [1.807, 2.05) is 0 Å². The summed E-state index contributed by atoms with van der Waals surface area (Å²) in [5, 5.41) is 11.1. The second-order valence-corrected chi connectivity index (χ2v) is 3.77. The highest BCUT2D eigenvalue weighted by atomic mass is 16.7. The van der Waals surface area contributed by atoms with E-state index in [-0.39, 0.29) is 13.2 Å². The molecule has 0 spiro atoms. The highest BCUT2D eigenvalue weighted by Crippen LogP contribution is 2.34. The summed E-state index contributed by atoms with van der Waals surface area (Å²) in [6.45, 7) is 0.149. The SMILES string of the molecule is NC(CC(=O)Nc1ccc2c(c1)OCO2)C(=O)O. The molecule has 0 bridgehead atoms. The molecule has 1 atom stereocenters. The topological polar surface area (TPSA) is 111 Å². The molecular weight excluding hydrogens is 240 g/mol. The number of carbonyl (C=O) groups is 2. The molecule has 0 aliphatic carbocycles. The Balaban J connectivity index is 1.97. The van der Waals surface area contributed by atoms with Gasteiger partial charge in [0.05, 0.1) is 6.42 Å². The molecule has 7 nitrogen and oxygen atoms in total. The van der Waals surface area contributed by atoms with Gasteiger partial charge >= 0.3 is 5.97 Å². The second kappa shape index (κ2) is 4.92. The van der Waals surface area contributed by atoms with E-state index in [9.17, 15) is 9.59 Å². The van der Waals surface area contributed by atoms with Crippen LogP contribution in [0, 0.1) is 0 Å². The van der Waals surface area contributed by atoms with Crippen molar-refractivity contribution in [1.82, 2.24) is 0 Å². The first kappa shape index (κ1) is 12.2. The molecule has 0 fully saturated rings. The van der Waals surface area contributed by atoms with Gasteiger partial charge in [-0.25, -0.2) is 0 Å². The summed E-state index contributed by atoms with van der Waals surface area (Å²) in [7, 11) is 0. The van der Waals surface area contributed by atoms with Gasteiger partial charge in [0.15, 0.2) is 11.5 Å². The molecule has 1 heterocycles. The Labute approximate surface area is 102 Å². The smallest absolute Gasteiger partial charge is 0.321 e. The van der Waals surface area contributed by atoms with Crippen LogP contribution >= 0.6 is 0 Å². The molecule has 1 aliphatic heterocycles. The Bertz CT molecular complexity index is 488. The van der Waals surface area contributed by atoms with E-state index >= 15 is 0 Å². The molecular formula is C11H12N2O5. The molecule has 1 aliphatic rings. The van der Waals surface area contributed by atoms with Crippen LogP contribution in [-0.4, -0.2) is 29.8 Å². The molecule has 1 aromatic rings. The fourth-order valence-electron chi connectivity index (χ4n) is 1.47. The average molecular weight is 252 g/mol. The lowest BCUT2D eigenvalue weighted by Gasteiger charge is -2.08. The largest absolute Gasteiger partial charge is 0.480 e. The van der Waals surface area contributed by atoms with Gasteiger partial charge in [-0.3, -0.25) is 9.59 Å². The molecule has 0 aromatic heterocycles. The van der Waals surface area contributed by atoms with E-state index in [1.165, 1.54) is 0 Å². The quantitative estimate of drug-likeness (QED) is 0.703. The fraction of sp³-hybridized carbons (Fsp3) is 0.273. The molecule has 1 aromatic carbocycles. The van der Waals surface area contributed by atoms with Gasteiger partial charge in [0.25, 0.3) is 0 Å². The maximum absolute atomic E-state index is 11.5. The summed E-state index contributed by atoms with van der Waals surface area (Å²) in [6.07, 6.45) is -0.288. The molecule has 96 valence electrons. The van der Waals surface area contributed by atoms with Crippen LogP contribution in [0.3, 0.4) is 0 Å². The van der Waals surface area contributed by atoms with Gasteiger partial charge < -0.3 is 25.6 Å². The molecule has 7 heteroatoms. The van der Waals surface area contributed by atoms with E-state index in [0.29, 0.717) is 17.2 Å². The number of nitrogens with one attached hydrogen (secondary N) is 1. The van der Waals surface area contributed by atoms with E-state index in [2.05, 4.69) is 5.32 Å². The normalized spacial score (nSPS) is 14.1. The van der Waals surface area contributed by atoms with Gasteiger partial charge in [-0.1, -0.05) is 0 Å². The maximum atomic E-state index is 11.5. The molecule has 1 amide bonds. The first-order chi connectivity index (χ1) is 8.56. The van der Waals surface area contributed by atoms with Crippen molar-refractivity contribution in [2.24, 2.45) is 5.73 Å². The van der Waals surface area contributed by atoms with Crippen LogP contribution < -0.4 is 20.5 Å². The van der Waals surface area contributed by atoms with Gasteiger partial charge in [-0.05, 0) is 12.1 Å². The number of carboxylic acid groups (broad SMARTS) is 1. The summed E-state index contributed by atoms with van der Waals surface area (Å²) in [5.41, 5.74) is 5.76. The molecule has 18 heavy (non-hydrogen) atoms. The zero-order valence-electron chi connectivity index (χ0n) is 9.38. The third kappa shape index (κ3) is 2.69. The van der Waals surface area contributed by atoms with Gasteiger partial charge in [-0.2, -0.15) is 0 Å². The third-order valence-electron chi connectivity index (χ3n) is 2.38. The van der Waals surface area contributed by atoms with E-state index < -0.39 is 17.9 Å². The number of rotatable bonds is 4. The number of carbonyl (C=O) groups excluding carboxylic acids is 1. The van der Waals surface area contributed by atoms with Crippen molar-refractivity contribution < 1.29 is 24.2 Å². The number of amides is 1. The monoisotopic (exact) mass is 252 g/mol. The molecule has 0 saturated carbocycles. The van der Waals surface area contributed by atoms with Crippen LogP contribution in [0.15, 0.2) is 18.2 Å². The highest BCUT2D eigenvalue weighted by Gasteiger charge is 2.18. The Morgan fingerprint density at radius 1 is 1.39 bits per heavy atom. The molecule has 0 saturated heterocycles. The lowest BCUT2D eigenvalue weighted by Crippen LogP contribution is -2.34. The Kier molecular flexibility index (Phi) is 3.33. The van der Waals surface area contributed by atoms with Crippen molar-refractivity contribution >= 4 is 17.6 Å². The van der Waals surface area contributed by atoms with Crippen molar-refractivity contribution in [3.63, 3.8) is 0 Å². The Morgan fingerprint density at radius 2 is 2.11 bits per heavy atom. The average Bonchev–Trinajstić information content (AvgIpc) is 2.75. The summed E-state index contributed by atoms with van der Waals surface area (Å²) in [6, 6.07) is 3.69. The molecule has 4 N–H and O–H groups in total. The number of hydrogen-bond donors (Lipinski definition) is 3. The molecule has 1 unspecified atom stereocenters. The minimum Gasteiger partial charge on any atom is -0.480 e. The van der Waals surface area contributed by atoms with Crippen LogP contribution in [-0.2, 0) is 9.59 Å². The van der Waals surface area contributed by atoms with Crippen LogP contribution in [0.2, 0.25) is 0 Å². The zero-order chi connectivity index (χ0) is 13.1. The number of fused-ring (bicyclic) bond motifs is 1. The number of aliphatic carboxylic acids is 1. The number of ether oxygens (including phenoxy) is 2. The predicted octanol–water partition coefficient (Wildman–Crippen LogP) is 0.156. The van der Waals surface area contributed by atoms with Crippen molar-refractivity contribution in [1.29, 1.82) is 0 Å². The number of nitrogens with two attached hydrogens (primary N) is 1. The highest BCUT2D eigenvalue weighted by molar-refractivity contribution is 5.94. The third-order valence-corrected chi connectivity index (χ3v) is 2.38. The zero-order valence-corrected chi connectivity index (χ0v) is 9.38. The van der Waals surface area contributed by atoms with Crippen LogP contribution in [0.25, 0.3) is 0 Å². The Morgan fingerprint density at radius 3 is 2.83 bits per heavy atom. The Hall–Kier alpha value is -2.28. The van der Waals surface area contributed by atoms with Crippen molar-refractivity contribution in [3.05, 3.63) is 18.2 Å². The number of carboxylic acids is 1. The number of benzene rings is 1. The predicted molar refractivity (Wildman–Crippen MR) is 61.4 cm³/mol. The van der Waals surface area contributed by atoms with Crippen LogP contribution in [0.1, 0.15) is 6.42 Å². The van der Waals surface area contributed by atoms with E-state index in [0.717, 1.165) is 0 Å². The summed E-state index contributed by atoms with van der Waals surface area (Å²) in [5.74, 6) is -0.537. The van der Waals surface area contributed by atoms with Gasteiger partial charge in [0.2, 0.25) is 12.7 Å². The van der Waals surface area contributed by atoms with E-state index in [1.54, 1.807) is 18.2 Å². The minimum atomic E-state index is -1.21. The minimum absolute atomic E-state index is 0.149. The number of hydrogen-bond acceptors (Lipinski definition) is 5. The lowest BCUT2D eigenvalue weighted by atomic mass is 10.2. The summed E-state index contributed by atoms with van der Waals surface area (Å²) < 4.78 is 10.3. The standard InChI is InChI=1S/C11H12N2O5/c12-7(11(15)16)4-10(14)13-6-1-2-8-9(3-6)18-5-17-8/h1-3,7H,4-5,12H2,(H,13,14)(H,15,16).